The van der Waals surface area contributed by atoms with E-state index in [0.717, 1.165) is 19.3 Å². The van der Waals surface area contributed by atoms with E-state index >= 15 is 0 Å². The average Bonchev–Trinajstić information content (AvgIpc) is 2.86. The molecule has 242 valence electrons. The fourth-order valence-corrected chi connectivity index (χ4v) is 4.03. The largest absolute Gasteiger partial charge is 0.778 e. The molecule has 11 heteroatoms. The van der Waals surface area contributed by atoms with Crippen LogP contribution in [0.15, 0.2) is 0 Å². The summed E-state index contributed by atoms with van der Waals surface area (Å²) in [5.41, 5.74) is -1.07. The Morgan fingerprint density at radius 3 is 1.10 bits per heavy atom. The van der Waals surface area contributed by atoms with Gasteiger partial charge >= 0.3 is 0 Å². The molecule has 0 aromatic carbocycles. The first kappa shape index (κ1) is 39.9. The Kier molecular flexibility index (Phi) is 24.2. The first-order valence-electron chi connectivity index (χ1n) is 15.0. The molecule has 40 heavy (non-hydrogen) atoms. The van der Waals surface area contributed by atoms with Gasteiger partial charge in [-0.25, -0.2) is 0 Å². The van der Waals surface area contributed by atoms with Gasteiger partial charge in [0, 0.05) is 51.9 Å². The maximum absolute atomic E-state index is 11.9. The molecular weight excluding hydrogens is 539 g/mol. The average molecular weight is 600 g/mol. The summed E-state index contributed by atoms with van der Waals surface area (Å²) >= 11 is 0. The summed E-state index contributed by atoms with van der Waals surface area (Å²) in [6.07, 6.45) is 3.40. The zero-order valence-corrected chi connectivity index (χ0v) is 27.5. The molecule has 0 rings (SSSR count). The lowest BCUT2D eigenvalue weighted by atomic mass is 9.92. The monoisotopic (exact) mass is 599 g/mol. The van der Waals surface area contributed by atoms with Crippen molar-refractivity contribution in [3.63, 3.8) is 0 Å². The second kappa shape index (κ2) is 24.3. The molecule has 0 amide bonds. The maximum atomic E-state index is 11.9. The predicted molar refractivity (Wildman–Crippen MR) is 156 cm³/mol. The van der Waals surface area contributed by atoms with Crippen LogP contribution in [0.25, 0.3) is 0 Å². The minimum Gasteiger partial charge on any atom is -0.778 e. The van der Waals surface area contributed by atoms with Gasteiger partial charge in [-0.2, -0.15) is 0 Å². The first-order valence-corrected chi connectivity index (χ1v) is 16.6. The van der Waals surface area contributed by atoms with Gasteiger partial charge in [-0.05, 0) is 67.2 Å². The Hall–Kier alpha value is -0.130. The van der Waals surface area contributed by atoms with Crippen molar-refractivity contribution < 1.29 is 47.1 Å². The normalized spacial score (nSPS) is 14.2. The molecule has 0 aliphatic heterocycles. The van der Waals surface area contributed by atoms with Crippen LogP contribution in [0.1, 0.15) is 81.1 Å². The van der Waals surface area contributed by atoms with Crippen molar-refractivity contribution >= 4 is 7.60 Å². The molecule has 0 radical (unpaired) electrons. The van der Waals surface area contributed by atoms with Crippen LogP contribution in [0.4, 0.5) is 0 Å². The Bertz CT molecular complexity index is 565. The van der Waals surface area contributed by atoms with E-state index in [4.69, 9.17) is 37.7 Å². The summed E-state index contributed by atoms with van der Waals surface area (Å²) in [5.74, 6) is 0. The fraction of sp³-hybridized carbons (Fsp3) is 1.00. The van der Waals surface area contributed by atoms with Crippen molar-refractivity contribution in [3.8, 4) is 0 Å². The van der Waals surface area contributed by atoms with Crippen LogP contribution in [0, 0.1) is 5.41 Å². The lowest BCUT2D eigenvalue weighted by Crippen LogP contribution is -2.42. The molecule has 10 nitrogen and oxygen atoms in total. The summed E-state index contributed by atoms with van der Waals surface area (Å²) < 4.78 is 58.1. The Morgan fingerprint density at radius 1 is 0.525 bits per heavy atom. The Balaban J connectivity index is 5.03. The van der Waals surface area contributed by atoms with E-state index in [0.29, 0.717) is 79.1 Å². The van der Waals surface area contributed by atoms with E-state index in [2.05, 4.69) is 0 Å². The topological polar surface area (TPSA) is 114 Å². The van der Waals surface area contributed by atoms with Crippen LogP contribution in [0.3, 0.4) is 0 Å². The number of rotatable bonds is 29. The molecular formula is C29H60O10P-. The van der Waals surface area contributed by atoms with Crippen molar-refractivity contribution in [1.82, 2.24) is 0 Å². The lowest BCUT2D eigenvalue weighted by Gasteiger charge is -2.33. The molecule has 0 fully saturated rings. The van der Waals surface area contributed by atoms with Crippen molar-refractivity contribution in [2.24, 2.45) is 5.41 Å². The van der Waals surface area contributed by atoms with E-state index in [1.165, 1.54) is 0 Å². The highest BCUT2D eigenvalue weighted by molar-refractivity contribution is 7.52. The number of hydrogen-bond acceptors (Lipinski definition) is 10. The molecule has 0 aliphatic carbocycles. The molecule has 0 saturated carbocycles. The summed E-state index contributed by atoms with van der Waals surface area (Å²) in [5, 5.41) is 0. The molecule has 1 atom stereocenters. The molecule has 0 bridgehead atoms. The molecule has 1 unspecified atom stereocenters. The van der Waals surface area contributed by atoms with Crippen LogP contribution in [0.5, 0.6) is 0 Å². The van der Waals surface area contributed by atoms with Gasteiger partial charge in [0.15, 0.2) is 0 Å². The van der Waals surface area contributed by atoms with Crippen molar-refractivity contribution in [2.75, 3.05) is 79.3 Å². The van der Waals surface area contributed by atoms with Crippen molar-refractivity contribution in [3.05, 3.63) is 0 Å². The van der Waals surface area contributed by atoms with Gasteiger partial charge in [-0.15, -0.1) is 0 Å². The van der Waals surface area contributed by atoms with E-state index in [-0.39, 0.29) is 24.9 Å². The van der Waals surface area contributed by atoms with Crippen LogP contribution in [-0.2, 0) is 42.2 Å². The maximum Gasteiger partial charge on any atom is 0.137 e. The predicted octanol–water partition coefficient (Wildman–Crippen LogP) is 4.85. The molecule has 0 aromatic heterocycles. The highest BCUT2D eigenvalue weighted by Crippen LogP contribution is 2.42. The quantitative estimate of drug-likeness (QED) is 0.0873. The summed E-state index contributed by atoms with van der Waals surface area (Å²) in [7, 11) is -3.83. The molecule has 0 heterocycles. The zero-order valence-electron chi connectivity index (χ0n) is 26.7. The minimum atomic E-state index is -3.83. The second-order valence-electron chi connectivity index (χ2n) is 11.4. The van der Waals surface area contributed by atoms with Crippen LogP contribution < -0.4 is 4.89 Å². The van der Waals surface area contributed by atoms with Gasteiger partial charge in [0.25, 0.3) is 0 Å². The zero-order chi connectivity index (χ0) is 30.3. The van der Waals surface area contributed by atoms with Gasteiger partial charge in [-0.1, -0.05) is 13.8 Å². The highest BCUT2D eigenvalue weighted by Gasteiger charge is 2.32. The summed E-state index contributed by atoms with van der Waals surface area (Å²) in [6, 6.07) is 0. The van der Waals surface area contributed by atoms with Gasteiger partial charge in [0.1, 0.15) is 7.60 Å². The molecule has 0 spiro atoms. The van der Waals surface area contributed by atoms with E-state index in [1.54, 1.807) is 13.8 Å². The third-order valence-corrected chi connectivity index (χ3v) is 7.43. The van der Waals surface area contributed by atoms with Gasteiger partial charge in [-0.3, -0.25) is 0 Å². The van der Waals surface area contributed by atoms with E-state index in [1.807, 2.05) is 41.5 Å². The van der Waals surface area contributed by atoms with Gasteiger partial charge < -0.3 is 47.1 Å². The smallest absolute Gasteiger partial charge is 0.137 e. The summed E-state index contributed by atoms with van der Waals surface area (Å²) in [6.45, 7) is 20.9. The lowest BCUT2D eigenvalue weighted by molar-refractivity contribution is -0.200. The molecule has 0 aromatic rings. The Labute approximate surface area is 244 Å². The molecule has 0 aliphatic rings. The Morgan fingerprint density at radius 2 is 0.825 bits per heavy atom. The van der Waals surface area contributed by atoms with Crippen LogP contribution >= 0.6 is 7.60 Å². The third kappa shape index (κ3) is 23.4. The fourth-order valence-electron chi connectivity index (χ4n) is 3.35. The van der Waals surface area contributed by atoms with Gasteiger partial charge in [0.2, 0.25) is 0 Å². The SMILES string of the molecule is CC(C)OCCCOCC(COCCCOC(C)C)(COCCCOC(C)C)COCCCOP(=O)([O-])C(C)C. The van der Waals surface area contributed by atoms with Crippen LogP contribution in [0.2, 0.25) is 0 Å². The van der Waals surface area contributed by atoms with Crippen molar-refractivity contribution in [1.29, 1.82) is 0 Å². The molecule has 0 N–H and O–H groups in total. The van der Waals surface area contributed by atoms with Gasteiger partial charge in [0.05, 0.1) is 56.8 Å². The van der Waals surface area contributed by atoms with E-state index < -0.39 is 18.7 Å². The highest BCUT2D eigenvalue weighted by atomic mass is 31.2. The molecule has 0 saturated heterocycles. The standard InChI is InChI=1S/C29H61O10P/c1-25(2)36-17-9-13-32-21-29(22-33-14-10-18-37-26(3)4,23-34-15-11-19-38-27(5)6)24-35-16-12-20-39-40(30,31)28(7)8/h25-28H,9-24H2,1-8H3,(H,30,31)/p-1. The first-order chi connectivity index (χ1) is 18.9. The second-order valence-corrected chi connectivity index (χ2v) is 13.7. The minimum absolute atomic E-state index is 0.0943. The number of hydrogen-bond donors (Lipinski definition) is 0. The number of ether oxygens (including phenoxy) is 7. The van der Waals surface area contributed by atoms with Crippen molar-refractivity contribution in [2.45, 2.75) is 105 Å². The summed E-state index contributed by atoms with van der Waals surface area (Å²) in [4.78, 5) is 11.9. The van der Waals surface area contributed by atoms with Crippen LogP contribution in [-0.4, -0.2) is 103 Å². The van der Waals surface area contributed by atoms with E-state index in [9.17, 15) is 9.46 Å². The third-order valence-electron chi connectivity index (χ3n) is 5.62.